The van der Waals surface area contributed by atoms with Gasteiger partial charge in [0.15, 0.2) is 11.5 Å². The Labute approximate surface area is 123 Å². The molecule has 0 aliphatic carbocycles. The van der Waals surface area contributed by atoms with E-state index < -0.39 is 0 Å². The highest BCUT2D eigenvalue weighted by Crippen LogP contribution is 2.25. The number of hydrogen-bond acceptors (Lipinski definition) is 6. The maximum Gasteiger partial charge on any atom is 0.230 e. The number of carbonyl (C=O) groups is 1. The Morgan fingerprint density at radius 2 is 2.25 bits per heavy atom. The fourth-order valence-electron chi connectivity index (χ4n) is 1.63. The summed E-state index contributed by atoms with van der Waals surface area (Å²) in [5.41, 5.74) is 5.94. The second kappa shape index (κ2) is 5.22. The molecule has 0 fully saturated rings. The minimum absolute atomic E-state index is 0.332. The molecule has 0 aliphatic rings. The van der Waals surface area contributed by atoms with Crippen molar-refractivity contribution in [2.45, 2.75) is 17.2 Å². The molecule has 0 bridgehead atoms. The summed E-state index contributed by atoms with van der Waals surface area (Å²) in [6.07, 6.45) is 0. The van der Waals surface area contributed by atoms with E-state index in [1.165, 1.54) is 11.8 Å². The molecule has 3 rings (SSSR count). The first-order chi connectivity index (χ1) is 9.65. The van der Waals surface area contributed by atoms with Gasteiger partial charge in [0.25, 0.3) is 0 Å². The van der Waals surface area contributed by atoms with E-state index in [0.29, 0.717) is 16.5 Å². The predicted molar refractivity (Wildman–Crippen MR) is 78.6 cm³/mol. The van der Waals surface area contributed by atoms with Crippen molar-refractivity contribution in [3.8, 4) is 10.7 Å². The number of carbonyl (C=O) groups excluding carboxylic acids is 1. The van der Waals surface area contributed by atoms with Crippen LogP contribution in [0.15, 0.2) is 34.7 Å². The molecule has 8 heteroatoms. The third-order valence-corrected chi connectivity index (χ3v) is 4.59. The van der Waals surface area contributed by atoms with Crippen LogP contribution in [0.1, 0.15) is 6.92 Å². The standard InChI is InChI=1S/C12H11N5OS2/c1-7(11(13)18)20-10-5-4-9-14-15-12(17(9)16-10)8-3-2-6-19-8/h2-7H,1H3,(H2,13,18). The lowest BCUT2D eigenvalue weighted by molar-refractivity contribution is -0.117. The Bertz CT molecular complexity index is 752. The van der Waals surface area contributed by atoms with Gasteiger partial charge in [0.2, 0.25) is 5.91 Å². The van der Waals surface area contributed by atoms with Crippen LogP contribution in [-0.2, 0) is 4.79 Å². The molecule has 3 heterocycles. The summed E-state index contributed by atoms with van der Waals surface area (Å²) in [7, 11) is 0. The van der Waals surface area contributed by atoms with Gasteiger partial charge in [-0.05, 0) is 30.5 Å². The molecule has 20 heavy (non-hydrogen) atoms. The first kappa shape index (κ1) is 13.1. The maximum atomic E-state index is 11.1. The Morgan fingerprint density at radius 1 is 1.40 bits per heavy atom. The number of rotatable bonds is 4. The molecule has 102 valence electrons. The van der Waals surface area contributed by atoms with Crippen LogP contribution in [0.4, 0.5) is 0 Å². The number of nitrogens with two attached hydrogens (primary N) is 1. The van der Waals surface area contributed by atoms with Gasteiger partial charge in [-0.25, -0.2) is 0 Å². The third-order valence-electron chi connectivity index (χ3n) is 2.68. The van der Waals surface area contributed by atoms with Crippen molar-refractivity contribution < 1.29 is 4.79 Å². The van der Waals surface area contributed by atoms with E-state index in [0.717, 1.165) is 4.88 Å². The summed E-state index contributed by atoms with van der Waals surface area (Å²) in [5.74, 6) is 0.336. The van der Waals surface area contributed by atoms with Gasteiger partial charge in [-0.1, -0.05) is 17.8 Å². The summed E-state index contributed by atoms with van der Waals surface area (Å²) >= 11 is 2.89. The molecule has 0 saturated carbocycles. The van der Waals surface area contributed by atoms with Gasteiger partial charge < -0.3 is 5.73 Å². The lowest BCUT2D eigenvalue weighted by Crippen LogP contribution is -2.22. The van der Waals surface area contributed by atoms with E-state index >= 15 is 0 Å². The summed E-state index contributed by atoms with van der Waals surface area (Å²) < 4.78 is 1.68. The number of hydrogen-bond donors (Lipinski definition) is 1. The quantitative estimate of drug-likeness (QED) is 0.743. The van der Waals surface area contributed by atoms with Crippen LogP contribution in [0, 0.1) is 0 Å². The lowest BCUT2D eigenvalue weighted by Gasteiger charge is -2.06. The van der Waals surface area contributed by atoms with Crippen molar-refractivity contribution in [1.29, 1.82) is 0 Å². The molecule has 0 aromatic carbocycles. The van der Waals surface area contributed by atoms with Crippen LogP contribution in [0.2, 0.25) is 0 Å². The van der Waals surface area contributed by atoms with E-state index in [-0.39, 0.29) is 11.2 Å². The second-order valence-corrected chi connectivity index (χ2v) is 6.41. The number of amides is 1. The highest BCUT2D eigenvalue weighted by atomic mass is 32.2. The largest absolute Gasteiger partial charge is 0.369 e. The van der Waals surface area contributed by atoms with Gasteiger partial charge in [0.1, 0.15) is 5.03 Å². The lowest BCUT2D eigenvalue weighted by atomic mass is 10.4. The number of thiophene rings is 1. The third kappa shape index (κ3) is 2.39. The fourth-order valence-corrected chi connectivity index (χ4v) is 3.08. The topological polar surface area (TPSA) is 86.2 Å². The molecule has 0 spiro atoms. The van der Waals surface area contributed by atoms with Crippen molar-refractivity contribution in [1.82, 2.24) is 19.8 Å². The van der Waals surface area contributed by atoms with Crippen molar-refractivity contribution in [2.75, 3.05) is 0 Å². The normalized spacial score (nSPS) is 12.7. The van der Waals surface area contributed by atoms with Crippen LogP contribution >= 0.6 is 23.1 Å². The number of nitrogens with zero attached hydrogens (tertiary/aromatic N) is 4. The van der Waals surface area contributed by atoms with Gasteiger partial charge in [-0.3, -0.25) is 4.79 Å². The zero-order chi connectivity index (χ0) is 14.1. The van der Waals surface area contributed by atoms with Crippen molar-refractivity contribution in [3.05, 3.63) is 29.6 Å². The predicted octanol–water partition coefficient (Wildman–Crippen LogP) is 1.82. The molecule has 1 unspecified atom stereocenters. The molecular formula is C12H11N5OS2. The van der Waals surface area contributed by atoms with Gasteiger partial charge in [0.05, 0.1) is 10.1 Å². The average Bonchev–Trinajstić information content (AvgIpc) is 3.06. The van der Waals surface area contributed by atoms with E-state index in [4.69, 9.17) is 5.73 Å². The van der Waals surface area contributed by atoms with Crippen LogP contribution < -0.4 is 5.73 Å². The van der Waals surface area contributed by atoms with E-state index in [1.807, 2.05) is 29.6 Å². The van der Waals surface area contributed by atoms with Gasteiger partial charge >= 0.3 is 0 Å². The molecule has 3 aromatic heterocycles. The maximum absolute atomic E-state index is 11.1. The molecule has 1 atom stereocenters. The van der Waals surface area contributed by atoms with E-state index in [2.05, 4.69) is 15.3 Å². The molecule has 0 aliphatic heterocycles. The zero-order valence-corrected chi connectivity index (χ0v) is 12.2. The van der Waals surface area contributed by atoms with Crippen molar-refractivity contribution in [3.63, 3.8) is 0 Å². The summed E-state index contributed by atoms with van der Waals surface area (Å²) in [5, 5.41) is 15.1. The van der Waals surface area contributed by atoms with Crippen LogP contribution in [0.3, 0.4) is 0 Å². The molecule has 1 amide bonds. The second-order valence-electron chi connectivity index (χ2n) is 4.10. The van der Waals surface area contributed by atoms with Crippen molar-refractivity contribution >= 4 is 34.7 Å². The van der Waals surface area contributed by atoms with E-state index in [9.17, 15) is 4.79 Å². The van der Waals surface area contributed by atoms with Gasteiger partial charge in [0, 0.05) is 0 Å². The highest BCUT2D eigenvalue weighted by Gasteiger charge is 2.14. The Balaban J connectivity index is 2.01. The van der Waals surface area contributed by atoms with Crippen LogP contribution in [0.5, 0.6) is 0 Å². The minimum Gasteiger partial charge on any atom is -0.369 e. The molecule has 3 aromatic rings. The monoisotopic (exact) mass is 305 g/mol. The summed E-state index contributed by atoms with van der Waals surface area (Å²) in [6.45, 7) is 1.76. The molecule has 6 nitrogen and oxygen atoms in total. The van der Waals surface area contributed by atoms with Gasteiger partial charge in [-0.15, -0.1) is 21.5 Å². The Hall–Kier alpha value is -1.93. The Morgan fingerprint density at radius 3 is 2.95 bits per heavy atom. The number of thioether (sulfide) groups is 1. The minimum atomic E-state index is -0.362. The van der Waals surface area contributed by atoms with Crippen LogP contribution in [-0.4, -0.2) is 31.0 Å². The summed E-state index contributed by atoms with van der Waals surface area (Å²) in [4.78, 5) is 12.1. The summed E-state index contributed by atoms with van der Waals surface area (Å²) in [6, 6.07) is 7.56. The fraction of sp³-hybridized carbons (Fsp3) is 0.167. The number of aromatic nitrogens is 4. The average molecular weight is 305 g/mol. The first-order valence-electron chi connectivity index (χ1n) is 5.87. The van der Waals surface area contributed by atoms with E-state index in [1.54, 1.807) is 22.8 Å². The number of fused-ring (bicyclic) bond motifs is 1. The van der Waals surface area contributed by atoms with Crippen molar-refractivity contribution in [2.24, 2.45) is 5.73 Å². The molecule has 0 radical (unpaired) electrons. The zero-order valence-electron chi connectivity index (χ0n) is 10.6. The molecular weight excluding hydrogens is 294 g/mol. The molecule has 0 saturated heterocycles. The van der Waals surface area contributed by atoms with Gasteiger partial charge in [-0.2, -0.15) is 9.61 Å². The smallest absolute Gasteiger partial charge is 0.230 e. The van der Waals surface area contributed by atoms with Crippen LogP contribution in [0.25, 0.3) is 16.3 Å². The first-order valence-corrected chi connectivity index (χ1v) is 7.63. The molecule has 2 N–H and O–H groups in total. The Kier molecular flexibility index (Phi) is 3.41. The SMILES string of the molecule is CC(Sc1ccc2nnc(-c3cccs3)n2n1)C(N)=O. The highest BCUT2D eigenvalue weighted by molar-refractivity contribution is 8.00. The number of primary amides is 1.